The van der Waals surface area contributed by atoms with Crippen molar-refractivity contribution in [2.24, 2.45) is 0 Å². The second-order valence-corrected chi connectivity index (χ2v) is 6.03. The molecule has 2 heterocycles. The van der Waals surface area contributed by atoms with E-state index in [-0.39, 0.29) is 18.0 Å². The molecule has 130 valence electrons. The molecule has 9 nitrogen and oxygen atoms in total. The molecule has 24 heavy (non-hydrogen) atoms. The molecule has 0 spiro atoms. The van der Waals surface area contributed by atoms with Crippen LogP contribution in [0.3, 0.4) is 0 Å². The molecule has 2 aromatic heterocycles. The van der Waals surface area contributed by atoms with Crippen LogP contribution in [0.4, 0.5) is 11.8 Å². The van der Waals surface area contributed by atoms with Gasteiger partial charge in [0, 0.05) is 32.6 Å². The van der Waals surface area contributed by atoms with E-state index in [4.69, 9.17) is 15.0 Å². The summed E-state index contributed by atoms with van der Waals surface area (Å²) in [7, 11) is 3.51. The van der Waals surface area contributed by atoms with Crippen molar-refractivity contribution in [2.45, 2.75) is 37.8 Å². The molecule has 0 radical (unpaired) electrons. The Kier molecular flexibility index (Phi) is 4.91. The molecule has 1 aliphatic rings. The van der Waals surface area contributed by atoms with Crippen LogP contribution >= 0.6 is 0 Å². The number of nitrogens with two attached hydrogens (primary N) is 1. The monoisotopic (exact) mass is 334 g/mol. The van der Waals surface area contributed by atoms with Crippen molar-refractivity contribution < 1.29 is 14.4 Å². The second-order valence-electron chi connectivity index (χ2n) is 6.03. The van der Waals surface area contributed by atoms with E-state index in [0.717, 1.165) is 5.69 Å². The first kappa shape index (κ1) is 16.6. The standard InChI is InChI=1S/C15H22N6O3/c1-21(8-14-18-12(20-24-14)3-4-23-2)13-7-11(17-15(16)19-13)9-5-10(22)6-9/h7,9-10,22H,3-6,8H2,1-2H3,(H2,16,17,19). The Morgan fingerprint density at radius 2 is 2.17 bits per heavy atom. The Labute approximate surface area is 139 Å². The summed E-state index contributed by atoms with van der Waals surface area (Å²) in [4.78, 5) is 14.8. The Morgan fingerprint density at radius 1 is 1.38 bits per heavy atom. The van der Waals surface area contributed by atoms with E-state index in [2.05, 4.69) is 20.1 Å². The van der Waals surface area contributed by atoms with Gasteiger partial charge in [0.1, 0.15) is 5.82 Å². The molecule has 0 aliphatic heterocycles. The first-order chi connectivity index (χ1) is 11.5. The molecule has 0 unspecified atom stereocenters. The van der Waals surface area contributed by atoms with Crippen molar-refractivity contribution in [1.82, 2.24) is 20.1 Å². The van der Waals surface area contributed by atoms with E-state index in [1.807, 2.05) is 18.0 Å². The summed E-state index contributed by atoms with van der Waals surface area (Å²) in [5.41, 5.74) is 6.69. The molecule has 0 bridgehead atoms. The number of nitrogens with zero attached hydrogens (tertiary/aromatic N) is 5. The molecule has 3 rings (SSSR count). The number of methoxy groups -OCH3 is 1. The summed E-state index contributed by atoms with van der Waals surface area (Å²) in [6.07, 6.45) is 1.80. The van der Waals surface area contributed by atoms with Crippen LogP contribution in [-0.2, 0) is 17.7 Å². The summed E-state index contributed by atoms with van der Waals surface area (Å²) in [6, 6.07) is 1.90. The minimum absolute atomic E-state index is 0.224. The minimum atomic E-state index is -0.240. The molecule has 0 aromatic carbocycles. The number of rotatable bonds is 7. The van der Waals surface area contributed by atoms with E-state index < -0.39 is 0 Å². The van der Waals surface area contributed by atoms with Crippen LogP contribution in [0, 0.1) is 0 Å². The molecule has 3 N–H and O–H groups in total. The van der Waals surface area contributed by atoms with Gasteiger partial charge in [-0.2, -0.15) is 9.97 Å². The molecule has 0 amide bonds. The van der Waals surface area contributed by atoms with Gasteiger partial charge in [-0.15, -0.1) is 0 Å². The van der Waals surface area contributed by atoms with Gasteiger partial charge in [0.15, 0.2) is 5.82 Å². The number of hydrogen-bond donors (Lipinski definition) is 2. The highest BCUT2D eigenvalue weighted by Gasteiger charge is 2.30. The molecule has 0 saturated heterocycles. The summed E-state index contributed by atoms with van der Waals surface area (Å²) in [6.45, 7) is 0.969. The number of aliphatic hydroxyl groups is 1. The molecule has 2 aromatic rings. The highest BCUT2D eigenvalue weighted by atomic mass is 16.5. The Hall–Kier alpha value is -2.26. The molecule has 9 heteroatoms. The van der Waals surface area contributed by atoms with Crippen molar-refractivity contribution in [2.75, 3.05) is 31.4 Å². The van der Waals surface area contributed by atoms with E-state index >= 15 is 0 Å². The van der Waals surface area contributed by atoms with Gasteiger partial charge in [0.25, 0.3) is 0 Å². The number of aliphatic hydroxyl groups excluding tert-OH is 1. The van der Waals surface area contributed by atoms with Crippen molar-refractivity contribution in [3.05, 3.63) is 23.5 Å². The van der Waals surface area contributed by atoms with Gasteiger partial charge in [0.2, 0.25) is 11.8 Å². The maximum absolute atomic E-state index is 9.46. The lowest BCUT2D eigenvalue weighted by atomic mass is 9.80. The largest absolute Gasteiger partial charge is 0.393 e. The van der Waals surface area contributed by atoms with E-state index in [1.54, 1.807) is 7.11 Å². The molecular formula is C15H22N6O3. The molecule has 1 saturated carbocycles. The van der Waals surface area contributed by atoms with Crippen molar-refractivity contribution >= 4 is 11.8 Å². The fourth-order valence-corrected chi connectivity index (χ4v) is 2.64. The first-order valence-corrected chi connectivity index (χ1v) is 7.89. The lowest BCUT2D eigenvalue weighted by molar-refractivity contribution is 0.0732. The normalized spacial score (nSPS) is 20.0. The zero-order valence-corrected chi connectivity index (χ0v) is 13.8. The lowest BCUT2D eigenvalue weighted by Crippen LogP contribution is -2.28. The smallest absolute Gasteiger partial charge is 0.246 e. The van der Waals surface area contributed by atoms with Crippen molar-refractivity contribution in [3.8, 4) is 0 Å². The van der Waals surface area contributed by atoms with Gasteiger partial charge in [-0.25, -0.2) is 4.98 Å². The number of hydrogen-bond acceptors (Lipinski definition) is 9. The Morgan fingerprint density at radius 3 is 2.88 bits per heavy atom. The number of aromatic nitrogens is 4. The Bertz CT molecular complexity index is 686. The van der Waals surface area contributed by atoms with Crippen LogP contribution < -0.4 is 10.6 Å². The SMILES string of the molecule is COCCc1noc(CN(C)c2cc(C3CC(O)C3)nc(N)n2)n1. The first-order valence-electron chi connectivity index (χ1n) is 7.89. The van der Waals surface area contributed by atoms with E-state index in [9.17, 15) is 5.11 Å². The fraction of sp³-hybridized carbons (Fsp3) is 0.600. The van der Waals surface area contributed by atoms with Crippen LogP contribution in [0.15, 0.2) is 10.6 Å². The topological polar surface area (TPSA) is 123 Å². The van der Waals surface area contributed by atoms with Crippen LogP contribution in [0.5, 0.6) is 0 Å². The van der Waals surface area contributed by atoms with Crippen LogP contribution in [-0.4, -0.2) is 52.1 Å². The van der Waals surface area contributed by atoms with Crippen molar-refractivity contribution in [1.29, 1.82) is 0 Å². The fourth-order valence-electron chi connectivity index (χ4n) is 2.64. The lowest BCUT2D eigenvalue weighted by Gasteiger charge is -2.31. The molecule has 1 aliphatic carbocycles. The van der Waals surface area contributed by atoms with E-state index in [0.29, 0.717) is 49.9 Å². The predicted molar refractivity (Wildman–Crippen MR) is 86.4 cm³/mol. The summed E-state index contributed by atoms with van der Waals surface area (Å²) < 4.78 is 10.2. The van der Waals surface area contributed by atoms with Gasteiger partial charge in [-0.1, -0.05) is 5.16 Å². The quantitative estimate of drug-likeness (QED) is 0.745. The van der Waals surface area contributed by atoms with Crippen LogP contribution in [0.25, 0.3) is 0 Å². The van der Waals surface area contributed by atoms with Gasteiger partial charge in [-0.05, 0) is 12.8 Å². The number of ether oxygens (including phenoxy) is 1. The third-order valence-electron chi connectivity index (χ3n) is 4.08. The van der Waals surface area contributed by atoms with Gasteiger partial charge < -0.3 is 25.0 Å². The minimum Gasteiger partial charge on any atom is -0.393 e. The molecule has 1 fully saturated rings. The maximum Gasteiger partial charge on any atom is 0.246 e. The Balaban J connectivity index is 1.68. The third kappa shape index (κ3) is 3.80. The number of nitrogen functional groups attached to an aromatic ring is 1. The average molecular weight is 334 g/mol. The zero-order chi connectivity index (χ0) is 17.1. The van der Waals surface area contributed by atoms with Gasteiger partial charge >= 0.3 is 0 Å². The zero-order valence-electron chi connectivity index (χ0n) is 13.8. The van der Waals surface area contributed by atoms with Gasteiger partial charge in [0.05, 0.1) is 24.9 Å². The van der Waals surface area contributed by atoms with Crippen molar-refractivity contribution in [3.63, 3.8) is 0 Å². The summed E-state index contributed by atoms with van der Waals surface area (Å²) >= 11 is 0. The summed E-state index contributed by atoms with van der Waals surface area (Å²) in [5, 5.41) is 13.4. The van der Waals surface area contributed by atoms with Crippen LogP contribution in [0.1, 0.15) is 36.2 Å². The number of anilines is 2. The highest BCUT2D eigenvalue weighted by molar-refractivity contribution is 5.44. The highest BCUT2D eigenvalue weighted by Crippen LogP contribution is 2.36. The predicted octanol–water partition coefficient (Wildman–Crippen LogP) is 0.505. The maximum atomic E-state index is 9.46. The van der Waals surface area contributed by atoms with Gasteiger partial charge in [-0.3, -0.25) is 0 Å². The van der Waals surface area contributed by atoms with E-state index in [1.165, 1.54) is 0 Å². The summed E-state index contributed by atoms with van der Waals surface area (Å²) in [5.74, 6) is 2.27. The van der Waals surface area contributed by atoms with Crippen LogP contribution in [0.2, 0.25) is 0 Å². The third-order valence-corrected chi connectivity index (χ3v) is 4.08. The molecular weight excluding hydrogens is 312 g/mol. The average Bonchev–Trinajstić information content (AvgIpc) is 2.96. The second kappa shape index (κ2) is 7.10. The molecule has 0 atom stereocenters.